The zero-order chi connectivity index (χ0) is 40.4. The van der Waals surface area contributed by atoms with E-state index in [0.717, 1.165) is 51.4 Å². The number of aliphatic hydroxyl groups is 4. The molecular weight excluding hydrogens is 748 g/mol. The van der Waals surface area contributed by atoms with E-state index >= 15 is 0 Å². The van der Waals surface area contributed by atoms with Gasteiger partial charge in [-0.3, -0.25) is 19.2 Å². The van der Waals surface area contributed by atoms with Crippen molar-refractivity contribution in [3.63, 3.8) is 0 Å². The van der Waals surface area contributed by atoms with Crippen LogP contribution in [-0.4, -0.2) is 43.6 Å². The van der Waals surface area contributed by atoms with Crippen molar-refractivity contribution in [2.75, 3.05) is 0 Å². The first-order valence-electron chi connectivity index (χ1n) is 20.3. The fourth-order valence-corrected chi connectivity index (χ4v) is 4.83. The van der Waals surface area contributed by atoms with Gasteiger partial charge in [0.1, 0.15) is 0 Å². The maximum atomic E-state index is 11.0. The molecule has 0 atom stereocenters. The molecular formula is C44H80O8Zr. The second-order valence-corrected chi connectivity index (χ2v) is 13.7. The third-order valence-electron chi connectivity index (χ3n) is 7.59. The monoisotopic (exact) mass is 826 g/mol. The standard InChI is InChI=1S/4C11H20O2.Zr/c4*1-3-4-5-6-7-8-11(13)9-10(2)12;/h4*9,12H,3-8H2,1-2H3;/b4*10-9-;. The van der Waals surface area contributed by atoms with E-state index in [2.05, 4.69) is 27.7 Å². The summed E-state index contributed by atoms with van der Waals surface area (Å²) in [4.78, 5) is 44.2. The minimum Gasteiger partial charge on any atom is -0.512 e. The number of carbonyl (C=O) groups excluding carboxylic acids is 4. The van der Waals surface area contributed by atoms with Crippen LogP contribution in [0, 0.1) is 0 Å². The molecule has 0 saturated carbocycles. The van der Waals surface area contributed by atoms with Gasteiger partial charge in [0.25, 0.3) is 0 Å². The van der Waals surface area contributed by atoms with Crippen LogP contribution in [0.3, 0.4) is 0 Å². The van der Waals surface area contributed by atoms with Gasteiger partial charge in [0.05, 0.1) is 23.0 Å². The normalized spacial score (nSPS) is 11.5. The number of unbranched alkanes of at least 4 members (excludes halogenated alkanes) is 16. The minimum absolute atomic E-state index is 0. The Hall–Kier alpha value is -2.28. The van der Waals surface area contributed by atoms with Crippen molar-refractivity contribution in [1.29, 1.82) is 0 Å². The van der Waals surface area contributed by atoms with Crippen LogP contribution in [0.2, 0.25) is 0 Å². The summed E-state index contributed by atoms with van der Waals surface area (Å²) in [6.07, 6.45) is 30.6. The number of allylic oxidation sites excluding steroid dienone is 8. The molecule has 0 rings (SSSR count). The van der Waals surface area contributed by atoms with E-state index in [9.17, 15) is 19.2 Å². The maximum absolute atomic E-state index is 11.0. The average molecular weight is 828 g/mol. The van der Waals surface area contributed by atoms with Gasteiger partial charge in [-0.1, -0.05) is 130 Å². The molecule has 0 fully saturated rings. The van der Waals surface area contributed by atoms with Crippen molar-refractivity contribution in [3.8, 4) is 0 Å². The molecule has 0 amide bonds. The van der Waals surface area contributed by atoms with Crippen molar-refractivity contribution < 1.29 is 65.8 Å². The summed E-state index contributed by atoms with van der Waals surface area (Å²) in [5.74, 6) is 0.593. The van der Waals surface area contributed by atoms with E-state index in [1.54, 1.807) is 0 Å². The number of ketones is 4. The molecule has 0 unspecified atom stereocenters. The number of rotatable bonds is 28. The summed E-state index contributed by atoms with van der Waals surface area (Å²) in [6.45, 7) is 14.8. The zero-order valence-corrected chi connectivity index (χ0v) is 37.7. The topological polar surface area (TPSA) is 149 Å². The van der Waals surface area contributed by atoms with Crippen molar-refractivity contribution >= 4 is 23.1 Å². The van der Waals surface area contributed by atoms with E-state index in [1.165, 1.54) is 129 Å². The van der Waals surface area contributed by atoms with Crippen LogP contribution in [0.15, 0.2) is 47.3 Å². The van der Waals surface area contributed by atoms with Crippen molar-refractivity contribution in [2.24, 2.45) is 0 Å². The summed E-state index contributed by atoms with van der Waals surface area (Å²) in [5.41, 5.74) is 0. The Bertz CT molecular complexity index is 835. The Morgan fingerprint density at radius 2 is 0.472 bits per heavy atom. The quantitative estimate of drug-likeness (QED) is 0.0346. The Labute approximate surface area is 344 Å². The molecule has 0 bridgehead atoms. The molecule has 53 heavy (non-hydrogen) atoms. The number of hydrogen-bond donors (Lipinski definition) is 4. The van der Waals surface area contributed by atoms with Gasteiger partial charge >= 0.3 is 0 Å². The van der Waals surface area contributed by atoms with Crippen LogP contribution in [-0.2, 0) is 45.4 Å². The summed E-state index contributed by atoms with van der Waals surface area (Å²) in [7, 11) is 0. The second kappa shape index (κ2) is 47.7. The fraction of sp³-hybridized carbons (Fsp3) is 0.727. The number of aliphatic hydroxyl groups excluding tert-OH is 4. The van der Waals surface area contributed by atoms with Crippen LogP contribution in [0.1, 0.15) is 209 Å². The Morgan fingerprint density at radius 3 is 0.604 bits per heavy atom. The molecule has 0 radical (unpaired) electrons. The molecule has 0 aliphatic carbocycles. The molecule has 8 nitrogen and oxygen atoms in total. The zero-order valence-electron chi connectivity index (χ0n) is 35.2. The molecule has 0 aromatic heterocycles. The van der Waals surface area contributed by atoms with Gasteiger partial charge in [-0.05, 0) is 53.4 Å². The molecule has 0 aliphatic rings. The van der Waals surface area contributed by atoms with Gasteiger partial charge in [0, 0.05) is 76.2 Å². The van der Waals surface area contributed by atoms with Gasteiger partial charge in [0.15, 0.2) is 23.1 Å². The van der Waals surface area contributed by atoms with Gasteiger partial charge < -0.3 is 20.4 Å². The third-order valence-corrected chi connectivity index (χ3v) is 7.59. The van der Waals surface area contributed by atoms with E-state index in [1.807, 2.05) is 0 Å². The number of carbonyl (C=O) groups is 4. The molecule has 4 N–H and O–H groups in total. The molecule has 0 aliphatic heterocycles. The smallest absolute Gasteiger partial charge is 0.159 e. The predicted molar refractivity (Wildman–Crippen MR) is 219 cm³/mol. The first-order valence-corrected chi connectivity index (χ1v) is 20.3. The average Bonchev–Trinajstić information content (AvgIpc) is 3.04. The molecule has 0 heterocycles. The summed E-state index contributed by atoms with van der Waals surface area (Å²) < 4.78 is 0. The summed E-state index contributed by atoms with van der Waals surface area (Å²) in [6, 6.07) is 0. The fourth-order valence-electron chi connectivity index (χ4n) is 4.83. The van der Waals surface area contributed by atoms with Crippen LogP contribution in [0.4, 0.5) is 0 Å². The van der Waals surface area contributed by atoms with E-state index < -0.39 is 0 Å². The molecule has 0 saturated heterocycles. The van der Waals surface area contributed by atoms with Crippen LogP contribution in [0.5, 0.6) is 0 Å². The number of hydrogen-bond acceptors (Lipinski definition) is 8. The first-order chi connectivity index (χ1) is 24.7. The molecule has 0 aromatic rings. The molecule has 0 aromatic carbocycles. The molecule has 0 spiro atoms. The maximum Gasteiger partial charge on any atom is 0.159 e. The second-order valence-electron chi connectivity index (χ2n) is 13.7. The summed E-state index contributed by atoms with van der Waals surface area (Å²) >= 11 is 0. The Morgan fingerprint density at radius 1 is 0.321 bits per heavy atom. The van der Waals surface area contributed by atoms with Gasteiger partial charge in [-0.15, -0.1) is 0 Å². The van der Waals surface area contributed by atoms with Crippen LogP contribution < -0.4 is 0 Å². The molecule has 9 heteroatoms. The van der Waals surface area contributed by atoms with E-state index in [-0.39, 0.29) is 72.4 Å². The van der Waals surface area contributed by atoms with Crippen molar-refractivity contribution in [2.45, 2.75) is 209 Å². The molecule has 308 valence electrons. The van der Waals surface area contributed by atoms with Gasteiger partial charge in [0.2, 0.25) is 0 Å². The SMILES string of the molecule is CCCCCCCC(=O)/C=C(/C)O.CCCCCCCC(=O)/C=C(/C)O.CCCCCCCC(=O)/C=C(/C)O.CCCCCCCC(=O)/C=C(/C)O.[Zr]. The van der Waals surface area contributed by atoms with E-state index in [4.69, 9.17) is 20.4 Å². The Balaban J connectivity index is -0.000000192. The van der Waals surface area contributed by atoms with Gasteiger partial charge in [-0.25, -0.2) is 0 Å². The van der Waals surface area contributed by atoms with Crippen molar-refractivity contribution in [1.82, 2.24) is 0 Å². The first kappa shape index (κ1) is 60.0. The van der Waals surface area contributed by atoms with Crippen molar-refractivity contribution in [3.05, 3.63) is 47.3 Å². The van der Waals surface area contributed by atoms with E-state index in [0.29, 0.717) is 25.7 Å². The summed E-state index contributed by atoms with van der Waals surface area (Å²) in [5, 5.41) is 35.2. The Kier molecular flexibility index (Phi) is 54.0. The largest absolute Gasteiger partial charge is 0.512 e. The minimum atomic E-state index is 0. The third kappa shape index (κ3) is 65.1. The van der Waals surface area contributed by atoms with Gasteiger partial charge in [-0.2, -0.15) is 0 Å². The van der Waals surface area contributed by atoms with Crippen LogP contribution >= 0.6 is 0 Å². The predicted octanol–water partition coefficient (Wildman–Crippen LogP) is 13.5. The van der Waals surface area contributed by atoms with Crippen LogP contribution in [0.25, 0.3) is 0 Å².